The Bertz CT molecular complexity index is 1570. The van der Waals surface area contributed by atoms with Gasteiger partial charge in [0.15, 0.2) is 11.6 Å². The van der Waals surface area contributed by atoms with E-state index in [1.165, 1.54) is 0 Å². The molecule has 4 aromatic carbocycles. The molecule has 0 fully saturated rings. The van der Waals surface area contributed by atoms with Crippen molar-refractivity contribution >= 4 is 39.8 Å². The molecule has 0 heterocycles. The van der Waals surface area contributed by atoms with Crippen molar-refractivity contribution in [2.75, 3.05) is 4.90 Å². The molecule has 2 aliphatic carbocycles. The lowest BCUT2D eigenvalue weighted by Crippen LogP contribution is -2.17. The fraction of sp³-hybridized carbons (Fsp3) is 0.0909. The lowest BCUT2D eigenvalue weighted by atomic mass is 9.99. The molecule has 0 saturated carbocycles. The van der Waals surface area contributed by atoms with Crippen LogP contribution in [0.15, 0.2) is 120 Å². The zero-order valence-corrected chi connectivity index (χ0v) is 20.0. The first kappa shape index (κ1) is 22.0. The second-order valence-corrected chi connectivity index (χ2v) is 9.42. The van der Waals surface area contributed by atoms with Crippen LogP contribution in [0.25, 0.3) is 16.8 Å². The van der Waals surface area contributed by atoms with E-state index in [2.05, 4.69) is 78.6 Å². The lowest BCUT2D eigenvalue weighted by Gasteiger charge is -2.28. The van der Waals surface area contributed by atoms with Gasteiger partial charge in [-0.05, 0) is 71.2 Å². The average Bonchev–Trinajstić information content (AvgIpc) is 3.15. The number of Topliss-reactive ketones (excluding diaryl/α,β-unsaturated/α-hetero) is 2. The summed E-state index contributed by atoms with van der Waals surface area (Å²) in [4.78, 5) is 27.9. The van der Waals surface area contributed by atoms with Gasteiger partial charge in [0.05, 0.1) is 5.57 Å². The Morgan fingerprint density at radius 1 is 0.750 bits per heavy atom. The van der Waals surface area contributed by atoms with Gasteiger partial charge in [0.1, 0.15) is 0 Å². The summed E-state index contributed by atoms with van der Waals surface area (Å²) in [7, 11) is 0. The molecule has 3 heteroatoms. The Kier molecular flexibility index (Phi) is 5.46. The first-order valence-corrected chi connectivity index (χ1v) is 12.3. The van der Waals surface area contributed by atoms with Gasteiger partial charge in [0.2, 0.25) is 0 Å². The molecule has 2 aliphatic rings. The number of hydrogen-bond donors (Lipinski definition) is 0. The molecular formula is C33H25NO2. The Balaban J connectivity index is 1.37. The van der Waals surface area contributed by atoms with E-state index in [1.54, 1.807) is 30.3 Å². The quantitative estimate of drug-likeness (QED) is 0.226. The number of ketones is 2. The molecule has 0 amide bonds. The maximum atomic E-state index is 12.8. The van der Waals surface area contributed by atoms with E-state index in [0.717, 1.165) is 39.8 Å². The van der Waals surface area contributed by atoms with Gasteiger partial charge in [-0.1, -0.05) is 79.7 Å². The highest BCUT2D eigenvalue weighted by molar-refractivity contribution is 6.41. The number of anilines is 2. The second kappa shape index (κ2) is 8.94. The molecule has 0 spiro atoms. The van der Waals surface area contributed by atoms with Crippen molar-refractivity contribution in [1.29, 1.82) is 0 Å². The van der Waals surface area contributed by atoms with E-state index in [0.29, 0.717) is 17.0 Å². The Morgan fingerprint density at radius 3 is 2.11 bits per heavy atom. The zero-order chi connectivity index (χ0) is 24.6. The van der Waals surface area contributed by atoms with E-state index in [1.807, 2.05) is 18.2 Å². The molecule has 0 radical (unpaired) electrons. The van der Waals surface area contributed by atoms with Crippen LogP contribution in [0.2, 0.25) is 0 Å². The predicted octanol–water partition coefficient (Wildman–Crippen LogP) is 7.92. The summed E-state index contributed by atoms with van der Waals surface area (Å²) in [6.45, 7) is 2.23. The fourth-order valence-electron chi connectivity index (χ4n) is 4.96. The summed E-state index contributed by atoms with van der Waals surface area (Å²) >= 11 is 0. The maximum Gasteiger partial charge on any atom is 0.197 e. The Hall–Kier alpha value is -4.50. The van der Waals surface area contributed by atoms with Crippen molar-refractivity contribution < 1.29 is 9.59 Å². The molecular weight excluding hydrogens is 442 g/mol. The van der Waals surface area contributed by atoms with E-state index in [-0.39, 0.29) is 17.1 Å². The van der Waals surface area contributed by atoms with E-state index < -0.39 is 0 Å². The highest BCUT2D eigenvalue weighted by Crippen LogP contribution is 2.35. The van der Waals surface area contributed by atoms with Gasteiger partial charge in [-0.2, -0.15) is 0 Å². The summed E-state index contributed by atoms with van der Waals surface area (Å²) in [6.07, 6.45) is 9.49. The number of carbonyl (C=O) groups excluding carboxylic acids is 2. The predicted molar refractivity (Wildman–Crippen MR) is 147 cm³/mol. The van der Waals surface area contributed by atoms with Crippen molar-refractivity contribution in [2.24, 2.45) is 5.92 Å². The smallest absolute Gasteiger partial charge is 0.197 e. The monoisotopic (exact) mass is 467 g/mol. The van der Waals surface area contributed by atoms with Crippen molar-refractivity contribution in [3.05, 3.63) is 137 Å². The molecule has 0 N–H and O–H groups in total. The van der Waals surface area contributed by atoms with E-state index in [4.69, 9.17) is 0 Å². The molecule has 0 aliphatic heterocycles. The first-order chi connectivity index (χ1) is 17.6. The summed E-state index contributed by atoms with van der Waals surface area (Å²) in [6, 6.07) is 29.9. The van der Waals surface area contributed by atoms with Crippen LogP contribution in [0.5, 0.6) is 0 Å². The molecule has 174 valence electrons. The van der Waals surface area contributed by atoms with Gasteiger partial charge in [-0.3, -0.25) is 9.59 Å². The SMILES string of the molecule is CC1C=CC(N(c2ccccc2)c2ccc3cc(C=C4C(=O)c5ccccc5C4=O)ccc3c2)=CC1. The zero-order valence-electron chi connectivity index (χ0n) is 20.0. The fourth-order valence-corrected chi connectivity index (χ4v) is 4.96. The van der Waals surface area contributed by atoms with Crippen LogP contribution in [-0.4, -0.2) is 11.6 Å². The summed E-state index contributed by atoms with van der Waals surface area (Å²) in [5.74, 6) is 0.141. The van der Waals surface area contributed by atoms with Gasteiger partial charge >= 0.3 is 0 Å². The number of fused-ring (bicyclic) bond motifs is 2. The van der Waals surface area contributed by atoms with Gasteiger partial charge in [0.25, 0.3) is 0 Å². The third-order valence-electron chi connectivity index (χ3n) is 6.89. The number of rotatable bonds is 4. The summed E-state index contributed by atoms with van der Waals surface area (Å²) in [5, 5.41) is 2.15. The number of carbonyl (C=O) groups is 2. The average molecular weight is 468 g/mol. The minimum absolute atomic E-state index is 0.201. The minimum atomic E-state index is -0.201. The van der Waals surface area contributed by atoms with Crippen LogP contribution in [0.1, 0.15) is 39.6 Å². The van der Waals surface area contributed by atoms with Gasteiger partial charge < -0.3 is 4.90 Å². The number of nitrogens with zero attached hydrogens (tertiary/aromatic N) is 1. The maximum absolute atomic E-state index is 12.8. The van der Waals surface area contributed by atoms with Crippen LogP contribution >= 0.6 is 0 Å². The molecule has 0 aromatic heterocycles. The number of para-hydroxylation sites is 1. The van der Waals surface area contributed by atoms with Crippen molar-refractivity contribution in [1.82, 2.24) is 0 Å². The highest BCUT2D eigenvalue weighted by Gasteiger charge is 2.32. The first-order valence-electron chi connectivity index (χ1n) is 12.3. The third-order valence-corrected chi connectivity index (χ3v) is 6.89. The summed E-state index contributed by atoms with van der Waals surface area (Å²) < 4.78 is 0. The normalized spacial score (nSPS) is 16.8. The molecule has 1 unspecified atom stereocenters. The van der Waals surface area contributed by atoms with Gasteiger partial charge in [-0.15, -0.1) is 0 Å². The molecule has 1 atom stereocenters. The Labute approximate surface area is 210 Å². The van der Waals surface area contributed by atoms with Crippen LogP contribution in [-0.2, 0) is 0 Å². The van der Waals surface area contributed by atoms with Crippen molar-refractivity contribution in [3.63, 3.8) is 0 Å². The number of allylic oxidation sites excluding steroid dienone is 4. The van der Waals surface area contributed by atoms with Crippen LogP contribution in [0.3, 0.4) is 0 Å². The van der Waals surface area contributed by atoms with Crippen LogP contribution in [0, 0.1) is 5.92 Å². The molecule has 36 heavy (non-hydrogen) atoms. The number of benzene rings is 4. The molecule has 4 aromatic rings. The van der Waals surface area contributed by atoms with Crippen molar-refractivity contribution in [3.8, 4) is 0 Å². The molecule has 6 rings (SSSR count). The third kappa shape index (κ3) is 3.89. The molecule has 0 bridgehead atoms. The second-order valence-electron chi connectivity index (χ2n) is 9.42. The van der Waals surface area contributed by atoms with Gasteiger partial charge in [-0.25, -0.2) is 0 Å². The Morgan fingerprint density at radius 2 is 1.42 bits per heavy atom. The number of hydrogen-bond acceptors (Lipinski definition) is 3. The topological polar surface area (TPSA) is 37.4 Å². The van der Waals surface area contributed by atoms with Crippen LogP contribution in [0.4, 0.5) is 11.4 Å². The standard InChI is InChI=1S/C33H25NO2/c1-22-11-16-27(17-12-22)34(26-7-3-2-4-8-26)28-18-15-24-19-23(13-14-25(24)21-28)20-31-32(35)29-9-5-6-10-30(29)33(31)36/h2-11,13-22H,12H2,1H3. The largest absolute Gasteiger partial charge is 0.311 e. The van der Waals surface area contributed by atoms with E-state index >= 15 is 0 Å². The molecule has 0 saturated heterocycles. The molecule has 3 nitrogen and oxygen atoms in total. The van der Waals surface area contributed by atoms with Crippen molar-refractivity contribution in [2.45, 2.75) is 13.3 Å². The van der Waals surface area contributed by atoms with E-state index in [9.17, 15) is 9.59 Å². The minimum Gasteiger partial charge on any atom is -0.311 e. The van der Waals surface area contributed by atoms with Gasteiger partial charge in [0, 0.05) is 28.2 Å². The highest BCUT2D eigenvalue weighted by atomic mass is 16.2. The lowest BCUT2D eigenvalue weighted by molar-refractivity contribution is 0.0990. The summed E-state index contributed by atoms with van der Waals surface area (Å²) in [5.41, 5.74) is 5.40. The van der Waals surface area contributed by atoms with Crippen LogP contribution < -0.4 is 4.90 Å².